The Morgan fingerprint density at radius 3 is 2.35 bits per heavy atom. The number of carbonyl (C=O) groups excluding carboxylic acids is 2. The fourth-order valence-corrected chi connectivity index (χ4v) is 2.21. The third-order valence-corrected chi connectivity index (χ3v) is 3.69. The molecule has 0 fully saturated rings. The maximum absolute atomic E-state index is 12.1. The minimum atomic E-state index is -0.833. The van der Waals surface area contributed by atoms with Crippen LogP contribution < -0.4 is 5.32 Å². The van der Waals surface area contributed by atoms with Crippen LogP contribution in [0.1, 0.15) is 45.1 Å². The number of hydrogen-bond donors (Lipinski definition) is 2. The molecule has 0 radical (unpaired) electrons. The molecule has 7 heteroatoms. The number of rotatable bonds is 11. The van der Waals surface area contributed by atoms with Gasteiger partial charge in [-0.25, -0.2) is 9.59 Å². The van der Waals surface area contributed by atoms with Crippen molar-refractivity contribution in [2.75, 3.05) is 6.61 Å². The summed E-state index contributed by atoms with van der Waals surface area (Å²) in [7, 11) is 0. The predicted octanol–water partition coefficient (Wildman–Crippen LogP) is 3.13. The second-order valence-corrected chi connectivity index (χ2v) is 6.30. The van der Waals surface area contributed by atoms with E-state index >= 15 is 0 Å². The third-order valence-electron chi connectivity index (χ3n) is 3.69. The van der Waals surface area contributed by atoms with Crippen LogP contribution in [0.25, 0.3) is 0 Å². The Morgan fingerprint density at radius 1 is 1.04 bits per heavy atom. The smallest absolute Gasteiger partial charge is 0.408 e. The molecule has 0 saturated carbocycles. The molecule has 0 bridgehead atoms. The van der Waals surface area contributed by atoms with E-state index in [9.17, 15) is 14.4 Å². The van der Waals surface area contributed by atoms with Gasteiger partial charge in [0.1, 0.15) is 12.6 Å². The number of aliphatic carboxylic acids is 1. The highest BCUT2D eigenvalue weighted by molar-refractivity contribution is 5.81. The van der Waals surface area contributed by atoms with Crippen LogP contribution in [0.15, 0.2) is 30.3 Å². The molecule has 1 amide bonds. The van der Waals surface area contributed by atoms with Gasteiger partial charge in [-0.2, -0.15) is 0 Å². The van der Waals surface area contributed by atoms with Crippen LogP contribution >= 0.6 is 0 Å². The average Bonchev–Trinajstić information content (AvgIpc) is 2.61. The van der Waals surface area contributed by atoms with Gasteiger partial charge in [0.05, 0.1) is 6.61 Å². The van der Waals surface area contributed by atoms with Crippen molar-refractivity contribution in [3.05, 3.63) is 35.9 Å². The zero-order chi connectivity index (χ0) is 19.4. The second kappa shape index (κ2) is 11.9. The third kappa shape index (κ3) is 9.05. The first kappa shape index (κ1) is 21.5. The van der Waals surface area contributed by atoms with Gasteiger partial charge in [0.15, 0.2) is 0 Å². The maximum Gasteiger partial charge on any atom is 0.408 e. The monoisotopic (exact) mass is 365 g/mol. The van der Waals surface area contributed by atoms with E-state index in [1.165, 1.54) is 0 Å². The highest BCUT2D eigenvalue weighted by atomic mass is 16.6. The fourth-order valence-electron chi connectivity index (χ4n) is 2.21. The van der Waals surface area contributed by atoms with Gasteiger partial charge in [-0.1, -0.05) is 44.2 Å². The van der Waals surface area contributed by atoms with Gasteiger partial charge in [0.25, 0.3) is 0 Å². The van der Waals surface area contributed by atoms with E-state index in [0.29, 0.717) is 19.3 Å². The first-order valence-corrected chi connectivity index (χ1v) is 8.75. The van der Waals surface area contributed by atoms with Crippen molar-refractivity contribution < 1.29 is 29.0 Å². The Morgan fingerprint density at radius 2 is 1.73 bits per heavy atom. The van der Waals surface area contributed by atoms with E-state index in [2.05, 4.69) is 5.32 Å². The fraction of sp³-hybridized carbons (Fsp3) is 0.526. The summed E-state index contributed by atoms with van der Waals surface area (Å²) in [6.45, 7) is 3.92. The zero-order valence-electron chi connectivity index (χ0n) is 15.3. The lowest BCUT2D eigenvalue weighted by molar-refractivity contribution is -0.147. The van der Waals surface area contributed by atoms with Crippen LogP contribution in [0, 0.1) is 5.92 Å². The van der Waals surface area contributed by atoms with E-state index in [1.807, 2.05) is 30.3 Å². The van der Waals surface area contributed by atoms with Gasteiger partial charge in [0.2, 0.25) is 0 Å². The number of amides is 1. The highest BCUT2D eigenvalue weighted by Gasteiger charge is 2.26. The number of hydrogen-bond acceptors (Lipinski definition) is 5. The molecule has 1 rings (SSSR count). The summed E-state index contributed by atoms with van der Waals surface area (Å²) in [6, 6.07) is 8.45. The van der Waals surface area contributed by atoms with Gasteiger partial charge in [-0.15, -0.1) is 0 Å². The number of carbonyl (C=O) groups is 3. The summed E-state index contributed by atoms with van der Waals surface area (Å²) in [5, 5.41) is 11.1. The molecule has 0 unspecified atom stereocenters. The quantitative estimate of drug-likeness (QED) is 0.461. The average molecular weight is 365 g/mol. The number of carboxylic acid groups (broad SMARTS) is 1. The first-order chi connectivity index (χ1) is 12.4. The molecular formula is C19H27NO6. The molecule has 0 aliphatic carbocycles. The van der Waals surface area contributed by atoms with E-state index in [0.717, 1.165) is 5.56 Å². The Labute approximate surface area is 153 Å². The molecule has 26 heavy (non-hydrogen) atoms. The van der Waals surface area contributed by atoms with E-state index in [4.69, 9.17) is 14.6 Å². The van der Waals surface area contributed by atoms with Gasteiger partial charge < -0.3 is 19.9 Å². The molecule has 0 aromatic heterocycles. The Kier molecular flexibility index (Phi) is 9.82. The van der Waals surface area contributed by atoms with Crippen LogP contribution in [-0.2, 0) is 25.7 Å². The van der Waals surface area contributed by atoms with Crippen LogP contribution in [0.2, 0.25) is 0 Å². The van der Waals surface area contributed by atoms with Crippen molar-refractivity contribution >= 4 is 18.0 Å². The van der Waals surface area contributed by atoms with Crippen molar-refractivity contribution in [3.8, 4) is 0 Å². The molecule has 1 aromatic carbocycles. The Bertz CT molecular complexity index is 573. The lowest BCUT2D eigenvalue weighted by Gasteiger charge is -2.20. The second-order valence-electron chi connectivity index (χ2n) is 6.30. The molecule has 2 N–H and O–H groups in total. The van der Waals surface area contributed by atoms with E-state index < -0.39 is 24.1 Å². The Balaban J connectivity index is 2.33. The normalized spacial score (nSPS) is 11.7. The van der Waals surface area contributed by atoms with Crippen LogP contribution in [0.3, 0.4) is 0 Å². The van der Waals surface area contributed by atoms with E-state index in [1.54, 1.807) is 13.8 Å². The minimum absolute atomic E-state index is 0.109. The summed E-state index contributed by atoms with van der Waals surface area (Å²) < 4.78 is 10.3. The van der Waals surface area contributed by atoms with Crippen LogP contribution in [0.5, 0.6) is 0 Å². The van der Waals surface area contributed by atoms with Crippen molar-refractivity contribution in [1.29, 1.82) is 0 Å². The summed E-state index contributed by atoms with van der Waals surface area (Å²) in [6.07, 6.45) is 1.23. The van der Waals surface area contributed by atoms with Gasteiger partial charge in [0, 0.05) is 6.42 Å². The molecule has 0 heterocycles. The number of unbranched alkanes of at least 4 members (excludes halogenated alkanes) is 2. The number of esters is 1. The Hall–Kier alpha value is -2.57. The number of alkyl carbamates (subject to hydrolysis) is 1. The highest BCUT2D eigenvalue weighted by Crippen LogP contribution is 2.07. The van der Waals surface area contributed by atoms with Crippen molar-refractivity contribution in [3.63, 3.8) is 0 Å². The van der Waals surface area contributed by atoms with Gasteiger partial charge >= 0.3 is 18.0 Å². The number of carboxylic acids is 1. The van der Waals surface area contributed by atoms with Gasteiger partial charge in [-0.3, -0.25) is 4.79 Å². The topological polar surface area (TPSA) is 102 Å². The summed E-state index contributed by atoms with van der Waals surface area (Å²) in [5.41, 5.74) is 0.854. The molecule has 1 aromatic rings. The molecule has 1 atom stereocenters. The molecular weight excluding hydrogens is 338 g/mol. The lowest BCUT2D eigenvalue weighted by Crippen LogP contribution is -2.45. The zero-order valence-corrected chi connectivity index (χ0v) is 15.3. The number of nitrogens with one attached hydrogen (secondary N) is 1. The van der Waals surface area contributed by atoms with E-state index in [-0.39, 0.29) is 25.6 Å². The first-order valence-electron chi connectivity index (χ1n) is 8.75. The number of ether oxygens (including phenoxy) is 2. The van der Waals surface area contributed by atoms with Crippen LogP contribution in [0.4, 0.5) is 4.79 Å². The largest absolute Gasteiger partial charge is 0.481 e. The van der Waals surface area contributed by atoms with Gasteiger partial charge in [-0.05, 0) is 30.7 Å². The molecule has 0 aliphatic rings. The SMILES string of the molecule is CC(C)[C@H](NC(=O)OCc1ccccc1)C(=O)OCCCCCC(=O)O. The number of benzene rings is 1. The van der Waals surface area contributed by atoms with Crippen LogP contribution in [-0.4, -0.2) is 35.8 Å². The summed E-state index contributed by atoms with van der Waals surface area (Å²) >= 11 is 0. The molecule has 0 aliphatic heterocycles. The predicted molar refractivity (Wildman–Crippen MR) is 95.5 cm³/mol. The minimum Gasteiger partial charge on any atom is -0.481 e. The van der Waals surface area contributed by atoms with Crippen molar-refractivity contribution in [1.82, 2.24) is 5.32 Å². The maximum atomic E-state index is 12.1. The summed E-state index contributed by atoms with van der Waals surface area (Å²) in [4.78, 5) is 34.5. The molecule has 0 spiro atoms. The summed E-state index contributed by atoms with van der Waals surface area (Å²) in [5.74, 6) is -1.51. The lowest BCUT2D eigenvalue weighted by atomic mass is 10.1. The molecule has 7 nitrogen and oxygen atoms in total. The molecule has 0 saturated heterocycles. The molecule has 144 valence electrons. The van der Waals surface area contributed by atoms with Crippen molar-refractivity contribution in [2.45, 2.75) is 52.2 Å². The van der Waals surface area contributed by atoms with Crippen molar-refractivity contribution in [2.24, 2.45) is 5.92 Å². The standard InChI is InChI=1S/C19H27NO6/c1-14(2)17(18(23)25-12-8-4-7-11-16(21)22)20-19(24)26-13-15-9-5-3-6-10-15/h3,5-6,9-10,14,17H,4,7-8,11-13H2,1-2H3,(H,20,24)(H,21,22)/t17-/m0/s1.